The first kappa shape index (κ1) is 18.8. The lowest BCUT2D eigenvalue weighted by molar-refractivity contribution is -0.142. The molecule has 0 aromatic carbocycles. The summed E-state index contributed by atoms with van der Waals surface area (Å²) in [7, 11) is 0. The van der Waals surface area contributed by atoms with Crippen molar-refractivity contribution in [2.45, 2.75) is 50.2 Å². The molecule has 0 bridgehead atoms. The van der Waals surface area contributed by atoms with Crippen molar-refractivity contribution in [2.24, 2.45) is 5.92 Å². The molecule has 1 atom stereocenters. The zero-order valence-electron chi connectivity index (χ0n) is 16.1. The van der Waals surface area contributed by atoms with E-state index >= 15 is 0 Å². The Hall–Kier alpha value is -1.50. The number of rotatable bonds is 3. The van der Waals surface area contributed by atoms with Crippen molar-refractivity contribution >= 4 is 5.91 Å². The largest absolute Gasteiger partial charge is 0.385 e. The van der Waals surface area contributed by atoms with Gasteiger partial charge in [-0.15, -0.1) is 0 Å². The van der Waals surface area contributed by atoms with Crippen LogP contribution in [0.15, 0.2) is 24.5 Å². The molecule has 1 aromatic rings. The Balaban J connectivity index is 1.33. The van der Waals surface area contributed by atoms with Crippen LogP contribution in [0.5, 0.6) is 0 Å². The number of hydrogen-bond acceptors (Lipinski definition) is 5. The molecule has 0 radical (unpaired) electrons. The van der Waals surface area contributed by atoms with E-state index in [-0.39, 0.29) is 11.8 Å². The molecule has 6 nitrogen and oxygen atoms in total. The Bertz CT molecular complexity index is 625. The molecular formula is C21H31N3O3. The number of pyridine rings is 1. The summed E-state index contributed by atoms with van der Waals surface area (Å²) in [5.41, 5.74) is 0.00612. The summed E-state index contributed by atoms with van der Waals surface area (Å²) in [5.74, 6) is 0.381. The van der Waals surface area contributed by atoms with E-state index < -0.39 is 5.60 Å². The number of hydrogen-bond donors (Lipinski definition) is 1. The third kappa shape index (κ3) is 4.18. The average Bonchev–Trinajstić information content (AvgIpc) is 2.75. The van der Waals surface area contributed by atoms with Gasteiger partial charge in [0.1, 0.15) is 0 Å². The first-order chi connectivity index (χ1) is 13.2. The van der Waals surface area contributed by atoms with E-state index in [1.54, 1.807) is 12.4 Å². The number of carbonyl (C=O) groups excluding carboxylic acids is 1. The lowest BCUT2D eigenvalue weighted by Crippen LogP contribution is -2.52. The molecule has 27 heavy (non-hydrogen) atoms. The molecule has 3 aliphatic rings. The van der Waals surface area contributed by atoms with Crippen molar-refractivity contribution in [1.82, 2.24) is 14.8 Å². The van der Waals surface area contributed by atoms with Crippen LogP contribution in [0.4, 0.5) is 0 Å². The quantitative estimate of drug-likeness (QED) is 0.875. The summed E-state index contributed by atoms with van der Waals surface area (Å²) in [4.78, 5) is 21.7. The molecule has 0 unspecified atom stereocenters. The fourth-order valence-electron chi connectivity index (χ4n) is 4.87. The van der Waals surface area contributed by atoms with Crippen LogP contribution in [0.1, 0.15) is 44.1 Å². The maximum Gasteiger partial charge on any atom is 0.226 e. The second kappa shape index (κ2) is 8.25. The van der Waals surface area contributed by atoms with Crippen LogP contribution >= 0.6 is 0 Å². The average molecular weight is 373 g/mol. The Morgan fingerprint density at radius 3 is 2.67 bits per heavy atom. The van der Waals surface area contributed by atoms with Crippen molar-refractivity contribution in [3.05, 3.63) is 30.1 Å². The zero-order valence-corrected chi connectivity index (χ0v) is 16.1. The molecule has 4 heterocycles. The molecule has 3 aliphatic heterocycles. The minimum absolute atomic E-state index is 0.103. The summed E-state index contributed by atoms with van der Waals surface area (Å²) < 4.78 is 5.49. The fraction of sp³-hybridized carbons (Fsp3) is 0.714. The third-order valence-electron chi connectivity index (χ3n) is 6.61. The van der Waals surface area contributed by atoms with Gasteiger partial charge >= 0.3 is 0 Å². The lowest BCUT2D eigenvalue weighted by atomic mass is 9.84. The predicted octanol–water partition coefficient (Wildman–Crippen LogP) is 1.78. The van der Waals surface area contributed by atoms with E-state index in [4.69, 9.17) is 4.74 Å². The van der Waals surface area contributed by atoms with Gasteiger partial charge in [0.2, 0.25) is 5.91 Å². The standard InChI is InChI=1S/C21H31N3O3/c25-20(17-3-2-10-24(16-17)19-5-13-27-14-6-19)23-11-7-21(26,8-12-23)18-4-1-9-22-15-18/h1,4,9,15,17,19,26H,2-3,5-8,10-14,16H2/t17-/m0/s1. The Kier molecular flexibility index (Phi) is 5.76. The van der Waals surface area contributed by atoms with Gasteiger partial charge in [0.25, 0.3) is 0 Å². The van der Waals surface area contributed by atoms with Crippen LogP contribution in [-0.4, -0.2) is 71.2 Å². The molecule has 6 heteroatoms. The monoisotopic (exact) mass is 373 g/mol. The number of likely N-dealkylation sites (tertiary alicyclic amines) is 2. The first-order valence-electron chi connectivity index (χ1n) is 10.4. The number of ether oxygens (including phenoxy) is 1. The summed E-state index contributed by atoms with van der Waals surface area (Å²) >= 11 is 0. The van der Waals surface area contributed by atoms with Crippen LogP contribution in [0, 0.1) is 5.92 Å². The summed E-state index contributed by atoms with van der Waals surface area (Å²) in [6.07, 6.45) is 8.89. The molecule has 1 aromatic heterocycles. The summed E-state index contributed by atoms with van der Waals surface area (Å²) in [6.45, 7) is 4.93. The van der Waals surface area contributed by atoms with E-state index in [0.29, 0.717) is 32.0 Å². The summed E-state index contributed by atoms with van der Waals surface area (Å²) in [5, 5.41) is 11.0. The smallest absolute Gasteiger partial charge is 0.226 e. The number of amides is 1. The highest BCUT2D eigenvalue weighted by Crippen LogP contribution is 2.33. The SMILES string of the molecule is O=C([C@H]1CCCN(C2CCOCC2)C1)N1CCC(O)(c2cccnc2)CC1. The minimum atomic E-state index is -0.855. The van der Waals surface area contributed by atoms with Gasteiger partial charge in [-0.25, -0.2) is 0 Å². The van der Waals surface area contributed by atoms with Gasteiger partial charge in [0.05, 0.1) is 11.5 Å². The number of nitrogens with zero attached hydrogens (tertiary/aromatic N) is 3. The van der Waals surface area contributed by atoms with E-state index in [2.05, 4.69) is 9.88 Å². The fourth-order valence-corrected chi connectivity index (χ4v) is 4.87. The van der Waals surface area contributed by atoms with Gasteiger partial charge in [-0.3, -0.25) is 14.7 Å². The molecule has 148 valence electrons. The molecule has 0 aliphatic carbocycles. The first-order valence-corrected chi connectivity index (χ1v) is 10.4. The molecule has 0 saturated carbocycles. The van der Waals surface area contributed by atoms with E-state index in [9.17, 15) is 9.90 Å². The lowest BCUT2D eigenvalue weighted by Gasteiger charge is -2.43. The second-order valence-electron chi connectivity index (χ2n) is 8.28. The zero-order chi connectivity index (χ0) is 18.7. The van der Waals surface area contributed by atoms with E-state index in [0.717, 1.165) is 57.6 Å². The van der Waals surface area contributed by atoms with Crippen molar-refractivity contribution in [1.29, 1.82) is 0 Å². The molecule has 3 saturated heterocycles. The van der Waals surface area contributed by atoms with E-state index in [1.807, 2.05) is 17.0 Å². The summed E-state index contributed by atoms with van der Waals surface area (Å²) in [6, 6.07) is 4.36. The number of aliphatic hydroxyl groups is 1. The number of carbonyl (C=O) groups is 1. The molecule has 4 rings (SSSR count). The highest BCUT2D eigenvalue weighted by molar-refractivity contribution is 5.79. The number of aromatic nitrogens is 1. The highest BCUT2D eigenvalue weighted by Gasteiger charge is 2.38. The van der Waals surface area contributed by atoms with Crippen LogP contribution in [-0.2, 0) is 15.1 Å². The minimum Gasteiger partial charge on any atom is -0.385 e. The van der Waals surface area contributed by atoms with Crippen LogP contribution < -0.4 is 0 Å². The molecule has 1 N–H and O–H groups in total. The maximum atomic E-state index is 13.1. The van der Waals surface area contributed by atoms with Crippen molar-refractivity contribution in [3.63, 3.8) is 0 Å². The Morgan fingerprint density at radius 2 is 1.96 bits per heavy atom. The maximum absolute atomic E-state index is 13.1. The van der Waals surface area contributed by atoms with Crippen LogP contribution in [0.3, 0.4) is 0 Å². The van der Waals surface area contributed by atoms with E-state index in [1.165, 1.54) is 0 Å². The van der Waals surface area contributed by atoms with Crippen LogP contribution in [0.25, 0.3) is 0 Å². The third-order valence-corrected chi connectivity index (χ3v) is 6.61. The molecule has 0 spiro atoms. The second-order valence-corrected chi connectivity index (χ2v) is 8.28. The Morgan fingerprint density at radius 1 is 1.19 bits per heavy atom. The van der Waals surface area contributed by atoms with Crippen molar-refractivity contribution < 1.29 is 14.6 Å². The van der Waals surface area contributed by atoms with Gasteiger partial charge < -0.3 is 14.7 Å². The van der Waals surface area contributed by atoms with Crippen molar-refractivity contribution in [3.8, 4) is 0 Å². The highest BCUT2D eigenvalue weighted by atomic mass is 16.5. The molecular weight excluding hydrogens is 342 g/mol. The van der Waals surface area contributed by atoms with Gasteiger partial charge in [0.15, 0.2) is 0 Å². The van der Waals surface area contributed by atoms with Gasteiger partial charge in [-0.05, 0) is 51.1 Å². The predicted molar refractivity (Wildman–Crippen MR) is 102 cm³/mol. The number of piperidine rings is 2. The Labute approximate surface area is 161 Å². The molecule has 3 fully saturated rings. The van der Waals surface area contributed by atoms with Crippen molar-refractivity contribution in [2.75, 3.05) is 39.4 Å². The topological polar surface area (TPSA) is 65.9 Å². The van der Waals surface area contributed by atoms with Gasteiger partial charge in [0, 0.05) is 56.8 Å². The normalized spacial score (nSPS) is 27.4. The van der Waals surface area contributed by atoms with Crippen LogP contribution in [0.2, 0.25) is 0 Å². The molecule has 1 amide bonds. The van der Waals surface area contributed by atoms with Gasteiger partial charge in [-0.2, -0.15) is 0 Å². The van der Waals surface area contributed by atoms with Gasteiger partial charge in [-0.1, -0.05) is 6.07 Å².